The minimum absolute atomic E-state index is 0.0573. The lowest BCUT2D eigenvalue weighted by Gasteiger charge is -2.39. The standard InChI is InChI=1S/C18H27NO3S/c1-5-13-8-9-19(17(21)22-18(2,3)4)14(11-13)12-15(20)16-7-6-10-23-16/h6-7,10,13-14H,5,8-9,11-12H2,1-4H3. The number of ether oxygens (including phenoxy) is 1. The number of Topliss-reactive ketones (excluding diaryl/α,β-unsaturated/α-hetero) is 1. The molecule has 1 amide bonds. The Hall–Kier alpha value is -1.36. The van der Waals surface area contributed by atoms with Crippen molar-refractivity contribution < 1.29 is 14.3 Å². The molecule has 1 fully saturated rings. The molecule has 0 saturated carbocycles. The van der Waals surface area contributed by atoms with Gasteiger partial charge in [-0.15, -0.1) is 11.3 Å². The molecule has 1 saturated heterocycles. The third kappa shape index (κ3) is 5.06. The minimum Gasteiger partial charge on any atom is -0.444 e. The lowest BCUT2D eigenvalue weighted by molar-refractivity contribution is 0.00400. The van der Waals surface area contributed by atoms with Crippen molar-refractivity contribution in [3.63, 3.8) is 0 Å². The zero-order valence-corrected chi connectivity index (χ0v) is 15.3. The van der Waals surface area contributed by atoms with E-state index in [9.17, 15) is 9.59 Å². The molecule has 2 atom stereocenters. The summed E-state index contributed by atoms with van der Waals surface area (Å²) >= 11 is 1.46. The van der Waals surface area contributed by atoms with Gasteiger partial charge in [0.25, 0.3) is 0 Å². The van der Waals surface area contributed by atoms with Gasteiger partial charge in [0.1, 0.15) is 5.60 Å². The molecule has 1 aromatic heterocycles. The zero-order valence-electron chi connectivity index (χ0n) is 14.5. The number of carbonyl (C=O) groups excluding carboxylic acids is 2. The summed E-state index contributed by atoms with van der Waals surface area (Å²) in [5, 5.41) is 1.91. The van der Waals surface area contributed by atoms with Gasteiger partial charge >= 0.3 is 6.09 Å². The highest BCUT2D eigenvalue weighted by atomic mass is 32.1. The fraction of sp³-hybridized carbons (Fsp3) is 0.667. The van der Waals surface area contributed by atoms with Crippen molar-refractivity contribution in [1.29, 1.82) is 0 Å². The number of carbonyl (C=O) groups is 2. The van der Waals surface area contributed by atoms with Crippen molar-refractivity contribution in [2.24, 2.45) is 5.92 Å². The number of ketones is 1. The van der Waals surface area contributed by atoms with Crippen LogP contribution in [-0.2, 0) is 4.74 Å². The van der Waals surface area contributed by atoms with Crippen LogP contribution in [0.25, 0.3) is 0 Å². The van der Waals surface area contributed by atoms with Crippen molar-refractivity contribution in [3.05, 3.63) is 22.4 Å². The highest BCUT2D eigenvalue weighted by Gasteiger charge is 2.35. The SMILES string of the molecule is CCC1CCN(C(=O)OC(C)(C)C)C(CC(=O)c2cccs2)C1. The van der Waals surface area contributed by atoms with Gasteiger partial charge < -0.3 is 9.64 Å². The van der Waals surface area contributed by atoms with Crippen LogP contribution >= 0.6 is 11.3 Å². The van der Waals surface area contributed by atoms with Gasteiger partial charge in [-0.3, -0.25) is 4.79 Å². The van der Waals surface area contributed by atoms with Crippen molar-refractivity contribution >= 4 is 23.2 Å². The third-order valence-corrected chi connectivity index (χ3v) is 5.16. The number of rotatable bonds is 4. The Morgan fingerprint density at radius 3 is 2.70 bits per heavy atom. The molecule has 2 rings (SSSR count). The van der Waals surface area contributed by atoms with E-state index in [0.717, 1.165) is 24.1 Å². The number of amides is 1. The Labute approximate surface area is 142 Å². The van der Waals surface area contributed by atoms with Crippen LogP contribution in [0.4, 0.5) is 4.79 Å². The summed E-state index contributed by atoms with van der Waals surface area (Å²) in [6, 6.07) is 3.68. The maximum Gasteiger partial charge on any atom is 0.410 e. The summed E-state index contributed by atoms with van der Waals surface area (Å²) in [4.78, 5) is 27.5. The van der Waals surface area contributed by atoms with Gasteiger partial charge in [-0.25, -0.2) is 4.79 Å². The maximum absolute atomic E-state index is 12.5. The Kier molecular flexibility index (Phi) is 5.84. The third-order valence-electron chi connectivity index (χ3n) is 4.25. The number of piperidine rings is 1. The predicted molar refractivity (Wildman–Crippen MR) is 93.0 cm³/mol. The topological polar surface area (TPSA) is 46.6 Å². The average Bonchev–Trinajstić information content (AvgIpc) is 2.99. The molecule has 1 aliphatic rings. The van der Waals surface area contributed by atoms with Crippen LogP contribution in [0.5, 0.6) is 0 Å². The van der Waals surface area contributed by atoms with Crippen LogP contribution in [0.1, 0.15) is 63.0 Å². The lowest BCUT2D eigenvalue weighted by atomic mass is 9.87. The normalized spacial score (nSPS) is 22.0. The molecule has 128 valence electrons. The smallest absolute Gasteiger partial charge is 0.410 e. The first-order valence-electron chi connectivity index (χ1n) is 8.36. The molecule has 1 aromatic rings. The monoisotopic (exact) mass is 337 g/mol. The number of likely N-dealkylation sites (tertiary alicyclic amines) is 1. The highest BCUT2D eigenvalue weighted by Crippen LogP contribution is 2.29. The van der Waals surface area contributed by atoms with Gasteiger partial charge in [0.05, 0.1) is 4.88 Å². The van der Waals surface area contributed by atoms with Gasteiger partial charge in [0.15, 0.2) is 5.78 Å². The molecule has 2 unspecified atom stereocenters. The maximum atomic E-state index is 12.5. The molecule has 1 aliphatic heterocycles. The number of hydrogen-bond acceptors (Lipinski definition) is 4. The van der Waals surface area contributed by atoms with E-state index in [-0.39, 0.29) is 17.9 Å². The molecule has 0 radical (unpaired) electrons. The van der Waals surface area contributed by atoms with Crippen molar-refractivity contribution in [1.82, 2.24) is 4.90 Å². The fourth-order valence-electron chi connectivity index (χ4n) is 3.01. The molecule has 0 bridgehead atoms. The number of nitrogens with zero attached hydrogens (tertiary/aromatic N) is 1. The molecule has 5 heteroatoms. The quantitative estimate of drug-likeness (QED) is 0.745. The van der Waals surface area contributed by atoms with Gasteiger partial charge in [-0.1, -0.05) is 19.4 Å². The minimum atomic E-state index is -0.513. The van der Waals surface area contributed by atoms with Crippen LogP contribution in [-0.4, -0.2) is 35.0 Å². The second-order valence-electron chi connectivity index (χ2n) is 7.23. The van der Waals surface area contributed by atoms with Crippen molar-refractivity contribution in [2.75, 3.05) is 6.54 Å². The van der Waals surface area contributed by atoms with E-state index >= 15 is 0 Å². The Bertz CT molecular complexity index is 533. The van der Waals surface area contributed by atoms with Crippen LogP contribution in [0, 0.1) is 5.92 Å². The van der Waals surface area contributed by atoms with Crippen LogP contribution in [0.2, 0.25) is 0 Å². The van der Waals surface area contributed by atoms with Crippen molar-refractivity contribution in [3.8, 4) is 0 Å². The summed E-state index contributed by atoms with van der Waals surface area (Å²) < 4.78 is 5.53. The Morgan fingerprint density at radius 2 is 2.13 bits per heavy atom. The van der Waals surface area contributed by atoms with E-state index in [1.807, 2.05) is 38.3 Å². The first-order chi connectivity index (χ1) is 10.8. The summed E-state index contributed by atoms with van der Waals surface area (Å²) in [5.41, 5.74) is -0.513. The van der Waals surface area contributed by atoms with Gasteiger partial charge in [-0.05, 0) is 51.0 Å². The molecule has 0 spiro atoms. The van der Waals surface area contributed by atoms with E-state index in [0.29, 0.717) is 18.9 Å². The van der Waals surface area contributed by atoms with E-state index < -0.39 is 5.60 Å². The second kappa shape index (κ2) is 7.47. The molecule has 0 aromatic carbocycles. The summed E-state index contributed by atoms with van der Waals surface area (Å²) in [6.07, 6.45) is 3.05. The summed E-state index contributed by atoms with van der Waals surface area (Å²) in [6.45, 7) is 8.46. The second-order valence-corrected chi connectivity index (χ2v) is 8.18. The van der Waals surface area contributed by atoms with Crippen LogP contribution in [0.3, 0.4) is 0 Å². The number of thiophene rings is 1. The summed E-state index contributed by atoms with van der Waals surface area (Å²) in [5.74, 6) is 0.699. The van der Waals surface area contributed by atoms with Gasteiger partial charge in [-0.2, -0.15) is 0 Å². The first kappa shape index (κ1) is 18.0. The molecular formula is C18H27NO3S. The van der Waals surface area contributed by atoms with Gasteiger partial charge in [0.2, 0.25) is 0 Å². The van der Waals surface area contributed by atoms with E-state index in [1.165, 1.54) is 11.3 Å². The molecular weight excluding hydrogens is 310 g/mol. The Balaban J connectivity index is 2.08. The fourth-order valence-corrected chi connectivity index (χ4v) is 3.69. The number of hydrogen-bond donors (Lipinski definition) is 0. The first-order valence-corrected chi connectivity index (χ1v) is 9.24. The molecule has 23 heavy (non-hydrogen) atoms. The Morgan fingerprint density at radius 1 is 1.39 bits per heavy atom. The van der Waals surface area contributed by atoms with Gasteiger partial charge in [0, 0.05) is 19.0 Å². The predicted octanol–water partition coefficient (Wildman–Crippen LogP) is 4.75. The highest BCUT2D eigenvalue weighted by molar-refractivity contribution is 7.12. The lowest BCUT2D eigenvalue weighted by Crippen LogP contribution is -2.48. The van der Waals surface area contributed by atoms with E-state index in [2.05, 4.69) is 6.92 Å². The van der Waals surface area contributed by atoms with E-state index in [4.69, 9.17) is 4.74 Å². The van der Waals surface area contributed by atoms with Crippen LogP contribution < -0.4 is 0 Å². The molecule has 2 heterocycles. The average molecular weight is 337 g/mol. The van der Waals surface area contributed by atoms with E-state index in [1.54, 1.807) is 4.90 Å². The molecule has 4 nitrogen and oxygen atoms in total. The molecule has 0 N–H and O–H groups in total. The van der Waals surface area contributed by atoms with Crippen molar-refractivity contribution in [2.45, 2.75) is 65.0 Å². The largest absolute Gasteiger partial charge is 0.444 e. The van der Waals surface area contributed by atoms with Crippen LogP contribution in [0.15, 0.2) is 17.5 Å². The summed E-state index contributed by atoms with van der Waals surface area (Å²) in [7, 11) is 0. The zero-order chi connectivity index (χ0) is 17.0. The molecule has 0 aliphatic carbocycles.